The third-order valence-electron chi connectivity index (χ3n) is 6.14. The molecule has 3 aliphatic rings. The number of piperidine rings is 1. The highest BCUT2D eigenvalue weighted by Gasteiger charge is 2.33. The molecule has 3 rings (SSSR count). The van der Waals surface area contributed by atoms with E-state index in [0.29, 0.717) is 5.92 Å². The van der Waals surface area contributed by atoms with Crippen LogP contribution < -0.4 is 10.7 Å². The van der Waals surface area contributed by atoms with Crippen LogP contribution in [0.4, 0.5) is 0 Å². The lowest BCUT2D eigenvalue weighted by Crippen LogP contribution is -2.39. The molecule has 3 fully saturated rings. The Bertz CT molecular complexity index is 415. The topological polar surface area (TPSA) is 53.5 Å². The van der Waals surface area contributed by atoms with Crippen LogP contribution in [0.25, 0.3) is 0 Å². The Hall–Kier alpha value is -0.900. The second kappa shape index (κ2) is 7.58. The van der Waals surface area contributed by atoms with Gasteiger partial charge in [-0.25, -0.2) is 5.43 Å². The van der Waals surface area contributed by atoms with E-state index < -0.39 is 0 Å². The molecular weight excluding hydrogens is 274 g/mol. The maximum absolute atomic E-state index is 12.2. The Kier molecular flexibility index (Phi) is 5.51. The molecule has 22 heavy (non-hydrogen) atoms. The van der Waals surface area contributed by atoms with Gasteiger partial charge in [-0.1, -0.05) is 25.7 Å². The van der Waals surface area contributed by atoms with Crippen LogP contribution in [0.3, 0.4) is 0 Å². The van der Waals surface area contributed by atoms with Crippen LogP contribution in [0.2, 0.25) is 0 Å². The highest BCUT2D eigenvalue weighted by atomic mass is 16.2. The minimum absolute atomic E-state index is 0.0953. The predicted molar refractivity (Wildman–Crippen MR) is 89.6 cm³/mol. The summed E-state index contributed by atoms with van der Waals surface area (Å²) in [6.07, 6.45) is 11.7. The van der Waals surface area contributed by atoms with E-state index in [1.165, 1.54) is 44.9 Å². The Labute approximate surface area is 134 Å². The van der Waals surface area contributed by atoms with Crippen LogP contribution in [0.15, 0.2) is 5.10 Å². The summed E-state index contributed by atoms with van der Waals surface area (Å²) in [5, 5.41) is 7.74. The number of amides is 1. The number of fused-ring (bicyclic) bond motifs is 1. The first-order chi connectivity index (χ1) is 10.7. The molecule has 0 aromatic heterocycles. The summed E-state index contributed by atoms with van der Waals surface area (Å²) < 4.78 is 0. The number of rotatable bonds is 3. The first kappa shape index (κ1) is 16.0. The summed E-state index contributed by atoms with van der Waals surface area (Å²) in [5.41, 5.74) is 3.97. The van der Waals surface area contributed by atoms with E-state index in [9.17, 15) is 4.79 Å². The van der Waals surface area contributed by atoms with Crippen LogP contribution in [-0.4, -0.2) is 24.7 Å². The summed E-state index contributed by atoms with van der Waals surface area (Å²) in [4.78, 5) is 12.2. The maximum Gasteiger partial charge on any atom is 0.244 e. The van der Waals surface area contributed by atoms with Crippen molar-refractivity contribution in [2.75, 3.05) is 13.1 Å². The molecule has 1 aliphatic heterocycles. The molecule has 0 aromatic rings. The van der Waals surface area contributed by atoms with Crippen LogP contribution in [0, 0.1) is 23.7 Å². The zero-order valence-electron chi connectivity index (χ0n) is 13.9. The van der Waals surface area contributed by atoms with E-state index >= 15 is 0 Å². The number of hydrogen-bond donors (Lipinski definition) is 2. The van der Waals surface area contributed by atoms with Gasteiger partial charge in [0.05, 0.1) is 5.92 Å². The van der Waals surface area contributed by atoms with E-state index in [1.54, 1.807) is 0 Å². The first-order valence-electron chi connectivity index (χ1n) is 9.29. The van der Waals surface area contributed by atoms with Crippen molar-refractivity contribution in [1.29, 1.82) is 0 Å². The number of nitrogens with one attached hydrogen (secondary N) is 2. The largest absolute Gasteiger partial charge is 0.316 e. The molecule has 0 aromatic carbocycles. The molecule has 2 N–H and O–H groups in total. The Morgan fingerprint density at radius 3 is 2.59 bits per heavy atom. The quantitative estimate of drug-likeness (QED) is 0.622. The van der Waals surface area contributed by atoms with Crippen molar-refractivity contribution >= 4 is 11.6 Å². The van der Waals surface area contributed by atoms with Gasteiger partial charge in [0, 0.05) is 12.3 Å². The van der Waals surface area contributed by atoms with Gasteiger partial charge in [-0.05, 0) is 63.3 Å². The van der Waals surface area contributed by atoms with Crippen molar-refractivity contribution < 1.29 is 4.79 Å². The van der Waals surface area contributed by atoms with Crippen molar-refractivity contribution in [2.24, 2.45) is 28.8 Å². The second-order valence-electron chi connectivity index (χ2n) is 7.59. The van der Waals surface area contributed by atoms with Gasteiger partial charge in [-0.15, -0.1) is 0 Å². The normalized spacial score (nSPS) is 36.5. The number of hydrogen-bond acceptors (Lipinski definition) is 3. The Morgan fingerprint density at radius 2 is 1.82 bits per heavy atom. The van der Waals surface area contributed by atoms with E-state index in [-0.39, 0.29) is 11.8 Å². The maximum atomic E-state index is 12.2. The Balaban J connectivity index is 1.49. The lowest BCUT2D eigenvalue weighted by molar-refractivity contribution is -0.125. The molecule has 1 saturated heterocycles. The molecule has 0 bridgehead atoms. The minimum Gasteiger partial charge on any atom is -0.316 e. The molecule has 2 aliphatic carbocycles. The molecule has 2 saturated carbocycles. The lowest BCUT2D eigenvalue weighted by atomic mass is 9.67. The van der Waals surface area contributed by atoms with Crippen molar-refractivity contribution in [1.82, 2.24) is 10.7 Å². The second-order valence-corrected chi connectivity index (χ2v) is 7.59. The van der Waals surface area contributed by atoms with Gasteiger partial charge in [-0.3, -0.25) is 4.79 Å². The number of carbonyl (C=O) groups excluding carboxylic acids is 1. The van der Waals surface area contributed by atoms with Gasteiger partial charge in [0.1, 0.15) is 0 Å². The van der Waals surface area contributed by atoms with Crippen molar-refractivity contribution in [2.45, 2.75) is 64.7 Å². The van der Waals surface area contributed by atoms with E-state index in [2.05, 4.69) is 22.8 Å². The number of nitrogens with zero attached hydrogens (tertiary/aromatic N) is 1. The standard InChI is InChI=1S/C18H31N3O/c1-13(20-21-18(22)17-7-4-10-19-12-17)15-9-8-14-5-2-3-6-16(14)11-15/h14-17,19H,2-12H2,1H3,(H,21,22)/b20-13-. The number of carbonyl (C=O) groups is 1. The van der Waals surface area contributed by atoms with Crippen molar-refractivity contribution in [3.8, 4) is 0 Å². The minimum atomic E-state index is 0.0953. The molecule has 4 heteroatoms. The monoisotopic (exact) mass is 305 g/mol. The molecule has 1 amide bonds. The Morgan fingerprint density at radius 1 is 1.00 bits per heavy atom. The van der Waals surface area contributed by atoms with Crippen molar-refractivity contribution in [3.63, 3.8) is 0 Å². The first-order valence-corrected chi connectivity index (χ1v) is 9.29. The highest BCUT2D eigenvalue weighted by molar-refractivity contribution is 5.87. The zero-order valence-corrected chi connectivity index (χ0v) is 13.9. The smallest absolute Gasteiger partial charge is 0.244 e. The fraction of sp³-hybridized carbons (Fsp3) is 0.889. The SMILES string of the molecule is C/C(=N/NC(=O)C1CCCNC1)C1CCC2CCCCC2C1. The van der Waals surface area contributed by atoms with E-state index in [4.69, 9.17) is 0 Å². The molecule has 124 valence electrons. The third-order valence-corrected chi connectivity index (χ3v) is 6.14. The molecule has 4 atom stereocenters. The van der Waals surface area contributed by atoms with Crippen LogP contribution >= 0.6 is 0 Å². The van der Waals surface area contributed by atoms with Gasteiger partial charge in [0.2, 0.25) is 5.91 Å². The fourth-order valence-corrected chi connectivity index (χ4v) is 4.65. The average Bonchev–Trinajstić information content (AvgIpc) is 2.59. The summed E-state index contributed by atoms with van der Waals surface area (Å²) in [6.45, 7) is 3.94. The lowest BCUT2D eigenvalue weighted by Gasteiger charge is -2.39. The zero-order chi connectivity index (χ0) is 15.4. The third kappa shape index (κ3) is 3.89. The van der Waals surface area contributed by atoms with E-state index in [1.807, 2.05) is 0 Å². The average molecular weight is 305 g/mol. The van der Waals surface area contributed by atoms with Gasteiger partial charge < -0.3 is 5.32 Å². The van der Waals surface area contributed by atoms with Gasteiger partial charge in [-0.2, -0.15) is 5.10 Å². The van der Waals surface area contributed by atoms with Crippen LogP contribution in [-0.2, 0) is 4.79 Å². The summed E-state index contributed by atoms with van der Waals surface area (Å²) in [7, 11) is 0. The molecule has 0 radical (unpaired) electrons. The van der Waals surface area contributed by atoms with E-state index in [0.717, 1.165) is 43.5 Å². The van der Waals surface area contributed by atoms with Crippen LogP contribution in [0.1, 0.15) is 64.7 Å². The molecule has 0 spiro atoms. The van der Waals surface area contributed by atoms with Gasteiger partial charge in [0.25, 0.3) is 0 Å². The van der Waals surface area contributed by atoms with Gasteiger partial charge >= 0.3 is 0 Å². The summed E-state index contributed by atoms with van der Waals surface area (Å²) in [6, 6.07) is 0. The van der Waals surface area contributed by atoms with Crippen molar-refractivity contribution in [3.05, 3.63) is 0 Å². The van der Waals surface area contributed by atoms with Crippen LogP contribution in [0.5, 0.6) is 0 Å². The van der Waals surface area contributed by atoms with Gasteiger partial charge in [0.15, 0.2) is 0 Å². The summed E-state index contributed by atoms with van der Waals surface area (Å²) >= 11 is 0. The molecular formula is C18H31N3O. The molecule has 4 nitrogen and oxygen atoms in total. The predicted octanol–water partition coefficient (Wildman–Crippen LogP) is 3.08. The molecule has 1 heterocycles. The highest BCUT2D eigenvalue weighted by Crippen LogP contribution is 2.42. The fourth-order valence-electron chi connectivity index (χ4n) is 4.65. The number of hydrazone groups is 1. The molecule has 4 unspecified atom stereocenters. The summed E-state index contributed by atoms with van der Waals surface area (Å²) in [5.74, 6) is 2.66.